The number of hydrogen-bond acceptors (Lipinski definition) is 8. The molecule has 0 fully saturated rings. The van der Waals surface area contributed by atoms with Crippen molar-refractivity contribution in [3.63, 3.8) is 0 Å². The number of unbranched alkanes of at least 4 members (excludes halogenated alkanes) is 26. The summed E-state index contributed by atoms with van der Waals surface area (Å²) >= 11 is 3.52. The summed E-state index contributed by atoms with van der Waals surface area (Å²) in [6.07, 6.45) is 42.2. The smallest absolute Gasteiger partial charge is 0.306 e. The fourth-order valence-corrected chi connectivity index (χ4v) is 8.80. The first kappa shape index (κ1) is 57.6. The van der Waals surface area contributed by atoms with Crippen LogP contribution in [0.1, 0.15) is 239 Å². The molecule has 0 aliphatic rings. The number of carbonyl (C=O) groups excluding carboxylic acids is 2. The molecule has 59 heavy (non-hydrogen) atoms. The van der Waals surface area contributed by atoms with Crippen molar-refractivity contribution in [1.29, 1.82) is 10.8 Å². The first-order valence-electron chi connectivity index (χ1n) is 25.1. The zero-order chi connectivity index (χ0) is 43.0. The SMILES string of the molecule is CCCCCCCCCCCCCCCCOC(=O)CCSCCCC(=N)NCCCNC(=N)CCCSCCC(=O)OCCCCCCCCCCCCCCCC. The third-order valence-electron chi connectivity index (χ3n) is 10.9. The largest absolute Gasteiger partial charge is 0.466 e. The van der Waals surface area contributed by atoms with E-state index in [9.17, 15) is 9.59 Å². The lowest BCUT2D eigenvalue weighted by Crippen LogP contribution is -2.29. The van der Waals surface area contributed by atoms with E-state index in [2.05, 4.69) is 24.5 Å². The highest BCUT2D eigenvalue weighted by Crippen LogP contribution is 2.15. The topological polar surface area (TPSA) is 124 Å². The molecule has 0 saturated heterocycles. The Kier molecular flexibility index (Phi) is 48.1. The van der Waals surface area contributed by atoms with E-state index in [4.69, 9.17) is 20.3 Å². The monoisotopic (exact) mass is 869 g/mol. The van der Waals surface area contributed by atoms with Crippen LogP contribution in [0.3, 0.4) is 0 Å². The highest BCUT2D eigenvalue weighted by molar-refractivity contribution is 7.99. The lowest BCUT2D eigenvalue weighted by atomic mass is 10.0. The molecule has 0 heterocycles. The maximum atomic E-state index is 12.0. The highest BCUT2D eigenvalue weighted by Gasteiger charge is 2.06. The molecule has 0 unspecified atom stereocenters. The lowest BCUT2D eigenvalue weighted by molar-refractivity contribution is -0.144. The van der Waals surface area contributed by atoms with Crippen LogP contribution < -0.4 is 10.6 Å². The molecule has 0 rings (SSSR count). The molecular weight excluding hydrogens is 773 g/mol. The minimum atomic E-state index is -0.0820. The van der Waals surface area contributed by atoms with Crippen LogP contribution in [0.5, 0.6) is 0 Å². The first-order chi connectivity index (χ1) is 29.0. The molecule has 8 nitrogen and oxygen atoms in total. The number of thioether (sulfide) groups is 2. The molecule has 0 saturated carbocycles. The van der Waals surface area contributed by atoms with E-state index in [1.54, 1.807) is 23.5 Å². The third-order valence-corrected chi connectivity index (χ3v) is 13.0. The van der Waals surface area contributed by atoms with E-state index >= 15 is 0 Å². The van der Waals surface area contributed by atoms with E-state index in [1.165, 1.54) is 154 Å². The Labute approximate surface area is 374 Å². The van der Waals surface area contributed by atoms with Crippen molar-refractivity contribution in [3.05, 3.63) is 0 Å². The van der Waals surface area contributed by atoms with Crippen LogP contribution in [0.2, 0.25) is 0 Å². The van der Waals surface area contributed by atoms with Gasteiger partial charge in [0.1, 0.15) is 0 Å². The van der Waals surface area contributed by atoms with Crippen molar-refractivity contribution in [1.82, 2.24) is 10.6 Å². The highest BCUT2D eigenvalue weighted by atomic mass is 32.2. The molecule has 0 bridgehead atoms. The van der Waals surface area contributed by atoms with Gasteiger partial charge in [-0.1, -0.05) is 181 Å². The average molecular weight is 869 g/mol. The number of carbonyl (C=O) groups is 2. The van der Waals surface area contributed by atoms with Crippen molar-refractivity contribution in [2.24, 2.45) is 0 Å². The molecule has 0 amide bonds. The molecule has 0 aliphatic heterocycles. The van der Waals surface area contributed by atoms with Gasteiger partial charge in [-0.3, -0.25) is 20.4 Å². The summed E-state index contributed by atoms with van der Waals surface area (Å²) in [5, 5.41) is 22.7. The average Bonchev–Trinajstić information content (AvgIpc) is 3.23. The third kappa shape index (κ3) is 49.1. The molecule has 348 valence electrons. The standard InChI is InChI=1S/C49H96N4O4S2/c1-3-5-7-9-11-13-15-17-19-21-23-25-27-29-40-56-48(54)36-44-58-42-31-34-46(50)52-38-33-39-53-47(51)35-32-43-59-45-37-49(55)57-41-30-28-26-24-22-20-18-16-14-12-10-8-6-4-2/h3-45H2,1-2H3,(H2,50,52)(H2,51,53). The summed E-state index contributed by atoms with van der Waals surface area (Å²) < 4.78 is 10.8. The van der Waals surface area contributed by atoms with Crippen molar-refractivity contribution in [2.75, 3.05) is 49.3 Å². The van der Waals surface area contributed by atoms with Crippen LogP contribution in [0.15, 0.2) is 0 Å². The summed E-state index contributed by atoms with van der Waals surface area (Å²) in [5.41, 5.74) is 0. The van der Waals surface area contributed by atoms with Gasteiger partial charge in [-0.2, -0.15) is 23.5 Å². The predicted octanol–water partition coefficient (Wildman–Crippen LogP) is 14.4. The summed E-state index contributed by atoms with van der Waals surface area (Å²) in [5.74, 6) is 4.40. The van der Waals surface area contributed by atoms with Gasteiger partial charge in [0.2, 0.25) is 0 Å². The van der Waals surface area contributed by atoms with Crippen molar-refractivity contribution < 1.29 is 19.1 Å². The zero-order valence-electron chi connectivity index (χ0n) is 38.9. The molecule has 0 aromatic rings. The summed E-state index contributed by atoms with van der Waals surface area (Å²) in [4.78, 5) is 24.0. The Morgan fingerprint density at radius 2 is 0.661 bits per heavy atom. The van der Waals surface area contributed by atoms with Gasteiger partial charge in [0.15, 0.2) is 0 Å². The Balaban J connectivity index is 3.38. The maximum absolute atomic E-state index is 12.0. The summed E-state index contributed by atoms with van der Waals surface area (Å²) in [7, 11) is 0. The fourth-order valence-electron chi connectivity index (χ4n) is 7.07. The molecule has 0 spiro atoms. The number of amidine groups is 2. The van der Waals surface area contributed by atoms with Gasteiger partial charge in [0.25, 0.3) is 0 Å². The first-order valence-corrected chi connectivity index (χ1v) is 27.4. The second kappa shape index (κ2) is 49.2. The lowest BCUT2D eigenvalue weighted by Gasteiger charge is -2.10. The molecule has 0 aliphatic carbocycles. The Morgan fingerprint density at radius 1 is 0.373 bits per heavy atom. The molecule has 0 aromatic carbocycles. The van der Waals surface area contributed by atoms with Crippen LogP contribution in [-0.4, -0.2) is 72.9 Å². The van der Waals surface area contributed by atoms with Crippen LogP contribution in [-0.2, 0) is 19.1 Å². The van der Waals surface area contributed by atoms with Crippen molar-refractivity contribution in [3.8, 4) is 0 Å². The number of nitrogens with one attached hydrogen (secondary N) is 4. The maximum Gasteiger partial charge on any atom is 0.306 e. The van der Waals surface area contributed by atoms with Gasteiger partial charge >= 0.3 is 11.9 Å². The van der Waals surface area contributed by atoms with Gasteiger partial charge in [-0.25, -0.2) is 0 Å². The van der Waals surface area contributed by atoms with Crippen molar-refractivity contribution >= 4 is 47.1 Å². The molecule has 10 heteroatoms. The van der Waals surface area contributed by atoms with Gasteiger partial charge in [0.05, 0.1) is 37.7 Å². The normalized spacial score (nSPS) is 11.2. The van der Waals surface area contributed by atoms with Crippen LogP contribution >= 0.6 is 23.5 Å². The van der Waals surface area contributed by atoms with E-state index in [0.717, 1.165) is 81.0 Å². The number of esters is 2. The Bertz CT molecular complexity index is 870. The fraction of sp³-hybridized carbons (Fsp3) is 0.918. The number of rotatable bonds is 48. The van der Waals surface area contributed by atoms with Gasteiger partial charge < -0.3 is 20.1 Å². The summed E-state index contributed by atoms with van der Waals surface area (Å²) in [6.45, 7) is 7.11. The van der Waals surface area contributed by atoms with Gasteiger partial charge in [-0.15, -0.1) is 0 Å². The van der Waals surface area contributed by atoms with E-state index in [1.807, 2.05) is 0 Å². The number of hydrogen-bond donors (Lipinski definition) is 4. The van der Waals surface area contributed by atoms with Crippen LogP contribution in [0.25, 0.3) is 0 Å². The molecular formula is C49H96N4O4S2. The molecule has 0 radical (unpaired) electrons. The predicted molar refractivity (Wildman–Crippen MR) is 261 cm³/mol. The van der Waals surface area contributed by atoms with Crippen LogP contribution in [0.4, 0.5) is 0 Å². The van der Waals surface area contributed by atoms with Crippen LogP contribution in [0, 0.1) is 10.8 Å². The quantitative estimate of drug-likeness (QED) is 0.0206. The zero-order valence-corrected chi connectivity index (χ0v) is 40.5. The Hall–Kier alpha value is -1.42. The van der Waals surface area contributed by atoms with E-state index < -0.39 is 0 Å². The van der Waals surface area contributed by atoms with Gasteiger partial charge in [0, 0.05) is 37.4 Å². The van der Waals surface area contributed by atoms with Crippen molar-refractivity contribution in [2.45, 2.75) is 239 Å². The van der Waals surface area contributed by atoms with E-state index in [0.29, 0.717) is 50.6 Å². The Morgan fingerprint density at radius 3 is 0.966 bits per heavy atom. The molecule has 4 N–H and O–H groups in total. The number of ether oxygens (including phenoxy) is 2. The molecule has 0 aromatic heterocycles. The minimum Gasteiger partial charge on any atom is -0.466 e. The second-order valence-electron chi connectivity index (χ2n) is 16.7. The second-order valence-corrected chi connectivity index (χ2v) is 19.2. The minimum absolute atomic E-state index is 0.0820. The molecule has 0 atom stereocenters. The van der Waals surface area contributed by atoms with E-state index in [-0.39, 0.29) is 11.9 Å². The van der Waals surface area contributed by atoms with Gasteiger partial charge in [-0.05, 0) is 43.6 Å². The summed E-state index contributed by atoms with van der Waals surface area (Å²) in [6, 6.07) is 0.